The number of hydrogen-bond acceptors (Lipinski definition) is 9. The quantitative estimate of drug-likeness (QED) is 0.0187. The molecule has 0 aromatic heterocycles. The Kier molecular flexibility index (Phi) is 34.3. The van der Waals surface area contributed by atoms with Gasteiger partial charge in [-0.15, -0.1) is 0 Å². The van der Waals surface area contributed by atoms with Crippen LogP contribution in [0.3, 0.4) is 0 Å². The summed E-state index contributed by atoms with van der Waals surface area (Å²) in [7, 11) is -4.39. The summed E-state index contributed by atoms with van der Waals surface area (Å²) < 4.78 is 32.6. The van der Waals surface area contributed by atoms with Crippen molar-refractivity contribution in [1.82, 2.24) is 0 Å². The molecule has 0 aromatic rings. The number of aliphatic hydroxyl groups excluding tert-OH is 1. The first kappa shape index (κ1) is 48.2. The Morgan fingerprint density at radius 1 is 0.700 bits per heavy atom. The Morgan fingerprint density at radius 2 is 1.26 bits per heavy atom. The molecule has 0 heterocycles. The average Bonchev–Trinajstić information content (AvgIpc) is 3.09. The molecule has 50 heavy (non-hydrogen) atoms. The van der Waals surface area contributed by atoms with Crippen LogP contribution in [0, 0.1) is 0 Å². The van der Waals surface area contributed by atoms with Crippen molar-refractivity contribution in [3.05, 3.63) is 36.5 Å². The Balaban J connectivity index is 4.28. The third kappa shape index (κ3) is 34.6. The number of rotatable bonds is 36. The zero-order chi connectivity index (χ0) is 37.0. The zero-order valence-corrected chi connectivity index (χ0v) is 32.4. The van der Waals surface area contributed by atoms with E-state index in [1.54, 1.807) is 6.08 Å². The van der Waals surface area contributed by atoms with Crippen LogP contribution in [-0.2, 0) is 32.7 Å². The van der Waals surface area contributed by atoms with E-state index in [0.29, 0.717) is 12.8 Å². The van der Waals surface area contributed by atoms with Crippen molar-refractivity contribution in [3.8, 4) is 0 Å². The fourth-order valence-electron chi connectivity index (χ4n) is 5.20. The number of hydrogen-bond donors (Lipinski definition) is 3. The van der Waals surface area contributed by atoms with Gasteiger partial charge in [-0.25, -0.2) is 4.57 Å². The Labute approximate surface area is 304 Å². The minimum absolute atomic E-state index is 0.0413. The molecule has 4 N–H and O–H groups in total. The van der Waals surface area contributed by atoms with Crippen LogP contribution in [0.1, 0.15) is 162 Å². The van der Waals surface area contributed by atoms with E-state index in [-0.39, 0.29) is 32.6 Å². The first-order chi connectivity index (χ1) is 24.2. The lowest BCUT2D eigenvalue weighted by Gasteiger charge is -2.19. The molecule has 3 unspecified atom stereocenters. The van der Waals surface area contributed by atoms with Gasteiger partial charge < -0.3 is 25.2 Å². The Hall–Kier alpha value is -1.81. The fraction of sp³-hybridized carbons (Fsp3) is 0.795. The number of nitrogens with two attached hydrogens (primary N) is 1. The summed E-state index contributed by atoms with van der Waals surface area (Å²) in [4.78, 5) is 34.7. The van der Waals surface area contributed by atoms with Gasteiger partial charge in [0, 0.05) is 19.4 Å². The number of carbonyl (C=O) groups excluding carboxylic acids is 2. The standard InChI is InChI=1S/C39H72NO9P/c1-3-5-7-8-9-10-11-12-13-16-19-22-26-30-38(42)46-34-37(35-48-50(44,45)47-33-32-40)49-39(43)31-27-23-20-17-14-15-18-21-25-29-36(41)28-24-6-4-2/h6,18,21,24-25,29,36-37,41H,3-5,7-17,19-20,22-23,26-28,30-35,40H2,1-2H3,(H,44,45)/b21-18+,24-6+,29-25+. The maximum absolute atomic E-state index is 12.5. The van der Waals surface area contributed by atoms with Crippen molar-refractivity contribution in [2.24, 2.45) is 5.73 Å². The lowest BCUT2D eigenvalue weighted by molar-refractivity contribution is -0.161. The number of aliphatic hydroxyl groups is 1. The molecule has 0 aromatic carbocycles. The maximum Gasteiger partial charge on any atom is 0.472 e. The minimum atomic E-state index is -4.39. The van der Waals surface area contributed by atoms with Gasteiger partial charge in [-0.05, 0) is 38.5 Å². The van der Waals surface area contributed by atoms with Crippen LogP contribution in [0.5, 0.6) is 0 Å². The van der Waals surface area contributed by atoms with E-state index >= 15 is 0 Å². The van der Waals surface area contributed by atoms with Crippen molar-refractivity contribution in [2.75, 3.05) is 26.4 Å². The van der Waals surface area contributed by atoms with Gasteiger partial charge in [0.2, 0.25) is 0 Å². The molecule has 0 saturated carbocycles. The first-order valence-corrected chi connectivity index (χ1v) is 21.1. The highest BCUT2D eigenvalue weighted by molar-refractivity contribution is 7.47. The van der Waals surface area contributed by atoms with Gasteiger partial charge in [-0.2, -0.15) is 0 Å². The highest BCUT2D eigenvalue weighted by atomic mass is 31.2. The third-order valence-electron chi connectivity index (χ3n) is 8.12. The molecule has 0 radical (unpaired) electrons. The summed E-state index contributed by atoms with van der Waals surface area (Å²) in [5.74, 6) is -0.882. The molecule has 292 valence electrons. The van der Waals surface area contributed by atoms with Crippen LogP contribution >= 0.6 is 7.82 Å². The number of ether oxygens (including phenoxy) is 2. The van der Waals surface area contributed by atoms with Gasteiger partial charge in [0.25, 0.3) is 0 Å². The summed E-state index contributed by atoms with van der Waals surface area (Å²) in [6.07, 6.45) is 33.6. The molecule has 0 spiro atoms. The number of phosphoric ester groups is 1. The molecule has 0 fully saturated rings. The SMILES string of the molecule is CC/C=C/CC(O)/C=C/C=C/CCCCCCCC(=O)OC(COC(=O)CCCCCCCCCCCCCCC)COP(=O)(O)OCCN. The minimum Gasteiger partial charge on any atom is -0.462 e. The molecule has 0 saturated heterocycles. The van der Waals surface area contributed by atoms with Crippen molar-refractivity contribution in [2.45, 2.75) is 174 Å². The molecule has 0 aliphatic rings. The molecule has 0 rings (SSSR count). The van der Waals surface area contributed by atoms with Crippen molar-refractivity contribution < 1.29 is 42.7 Å². The van der Waals surface area contributed by atoms with E-state index in [1.165, 1.54) is 64.2 Å². The summed E-state index contributed by atoms with van der Waals surface area (Å²) in [5, 5.41) is 9.85. The van der Waals surface area contributed by atoms with Crippen LogP contribution in [0.15, 0.2) is 36.5 Å². The van der Waals surface area contributed by atoms with Crippen LogP contribution in [0.25, 0.3) is 0 Å². The number of carbonyl (C=O) groups is 2. The molecule has 11 heteroatoms. The number of unbranched alkanes of at least 4 members (excludes halogenated alkanes) is 17. The highest BCUT2D eigenvalue weighted by Gasteiger charge is 2.26. The number of esters is 2. The van der Waals surface area contributed by atoms with Crippen LogP contribution < -0.4 is 5.73 Å². The number of allylic oxidation sites excluding steroid dienone is 4. The van der Waals surface area contributed by atoms with Gasteiger partial charge in [0.15, 0.2) is 6.10 Å². The first-order valence-electron chi connectivity index (χ1n) is 19.6. The second kappa shape index (κ2) is 35.6. The van der Waals surface area contributed by atoms with Gasteiger partial charge in [0.05, 0.1) is 19.3 Å². The van der Waals surface area contributed by atoms with Crippen LogP contribution in [-0.4, -0.2) is 60.5 Å². The predicted octanol–water partition coefficient (Wildman–Crippen LogP) is 9.58. The molecular weight excluding hydrogens is 657 g/mol. The van der Waals surface area contributed by atoms with E-state index in [4.69, 9.17) is 24.3 Å². The second-order valence-electron chi connectivity index (χ2n) is 13.0. The lowest BCUT2D eigenvalue weighted by Crippen LogP contribution is -2.29. The van der Waals surface area contributed by atoms with Crippen LogP contribution in [0.2, 0.25) is 0 Å². The molecule has 0 aliphatic heterocycles. The molecule has 0 bridgehead atoms. The van der Waals surface area contributed by atoms with Crippen molar-refractivity contribution >= 4 is 19.8 Å². The highest BCUT2D eigenvalue weighted by Crippen LogP contribution is 2.43. The average molecular weight is 730 g/mol. The molecule has 0 aliphatic carbocycles. The predicted molar refractivity (Wildman–Crippen MR) is 203 cm³/mol. The monoisotopic (exact) mass is 729 g/mol. The Morgan fingerprint density at radius 3 is 1.84 bits per heavy atom. The van der Waals surface area contributed by atoms with E-state index in [9.17, 15) is 24.2 Å². The molecule has 0 amide bonds. The molecule has 3 atom stereocenters. The van der Waals surface area contributed by atoms with Gasteiger partial charge in [0.1, 0.15) is 6.61 Å². The summed E-state index contributed by atoms with van der Waals surface area (Å²) >= 11 is 0. The van der Waals surface area contributed by atoms with E-state index in [0.717, 1.165) is 57.8 Å². The molecular formula is C39H72NO9P. The summed E-state index contributed by atoms with van der Waals surface area (Å²) in [6.45, 7) is 3.46. The third-order valence-corrected chi connectivity index (χ3v) is 9.10. The largest absolute Gasteiger partial charge is 0.472 e. The van der Waals surface area contributed by atoms with E-state index in [2.05, 4.69) is 19.9 Å². The van der Waals surface area contributed by atoms with Gasteiger partial charge in [-0.1, -0.05) is 147 Å². The summed E-state index contributed by atoms with van der Waals surface area (Å²) in [5.41, 5.74) is 5.33. The maximum atomic E-state index is 12.5. The van der Waals surface area contributed by atoms with Crippen molar-refractivity contribution in [1.29, 1.82) is 0 Å². The number of phosphoric acid groups is 1. The molecule has 10 nitrogen and oxygen atoms in total. The van der Waals surface area contributed by atoms with E-state index in [1.807, 2.05) is 24.3 Å². The second-order valence-corrected chi connectivity index (χ2v) is 14.4. The smallest absolute Gasteiger partial charge is 0.462 e. The normalized spacial score (nSPS) is 14.4. The van der Waals surface area contributed by atoms with Crippen LogP contribution in [0.4, 0.5) is 0 Å². The van der Waals surface area contributed by atoms with Gasteiger partial charge in [-0.3, -0.25) is 18.6 Å². The fourth-order valence-corrected chi connectivity index (χ4v) is 5.96. The Bertz CT molecular complexity index is 941. The lowest BCUT2D eigenvalue weighted by atomic mass is 10.0. The van der Waals surface area contributed by atoms with Gasteiger partial charge >= 0.3 is 19.8 Å². The van der Waals surface area contributed by atoms with E-state index < -0.39 is 38.6 Å². The summed E-state index contributed by atoms with van der Waals surface area (Å²) in [6, 6.07) is 0. The topological polar surface area (TPSA) is 155 Å². The van der Waals surface area contributed by atoms with Crippen molar-refractivity contribution in [3.63, 3.8) is 0 Å². The zero-order valence-electron chi connectivity index (χ0n) is 31.5.